The van der Waals surface area contributed by atoms with E-state index in [1.807, 2.05) is 54.6 Å². The molecule has 8 heteroatoms. The number of halogens is 1. The van der Waals surface area contributed by atoms with Crippen molar-refractivity contribution in [3.05, 3.63) is 130 Å². The number of thioether (sulfide) groups is 1. The van der Waals surface area contributed by atoms with Crippen molar-refractivity contribution >= 4 is 35.1 Å². The van der Waals surface area contributed by atoms with Crippen molar-refractivity contribution in [2.45, 2.75) is 13.2 Å². The molecule has 0 spiro atoms. The van der Waals surface area contributed by atoms with Crippen LogP contribution in [0.4, 0.5) is 4.39 Å². The molecule has 2 heterocycles. The highest BCUT2D eigenvalue weighted by atomic mass is 32.2. The highest BCUT2D eigenvalue weighted by Gasteiger charge is 2.34. The first-order valence-electron chi connectivity index (χ1n) is 11.5. The summed E-state index contributed by atoms with van der Waals surface area (Å²) < 4.78 is 25.5. The highest BCUT2D eigenvalue weighted by Crippen LogP contribution is 2.34. The van der Waals surface area contributed by atoms with Crippen LogP contribution in [0, 0.1) is 5.82 Å². The number of furan rings is 1. The monoisotopic (exact) mass is 511 g/mol. The van der Waals surface area contributed by atoms with E-state index in [2.05, 4.69) is 10.2 Å². The molecular formula is C29H22FN3O3S. The standard InChI is InChI=1S/C29H22FN3O3S/c30-26-14-5-4-11-23(26)17-27-28(34)33(19-25-13-7-15-35-25)29(37-27)32-31-18-22-10-6-12-24(16-22)36-20-21-8-2-1-3-9-21/h1-18H,19-20H2/b27-17-,31-18+,32-29-. The van der Waals surface area contributed by atoms with Crippen molar-refractivity contribution in [3.8, 4) is 5.75 Å². The molecule has 1 amide bonds. The second-order valence-electron chi connectivity index (χ2n) is 8.08. The van der Waals surface area contributed by atoms with Gasteiger partial charge in [-0.3, -0.25) is 9.69 Å². The molecule has 1 aliphatic heterocycles. The van der Waals surface area contributed by atoms with E-state index < -0.39 is 5.82 Å². The Morgan fingerprint density at radius 2 is 1.81 bits per heavy atom. The number of hydrogen-bond acceptors (Lipinski definition) is 6. The Kier molecular flexibility index (Phi) is 7.57. The second kappa shape index (κ2) is 11.5. The number of carbonyl (C=O) groups is 1. The van der Waals surface area contributed by atoms with E-state index in [4.69, 9.17) is 9.15 Å². The maximum Gasteiger partial charge on any atom is 0.267 e. The molecule has 3 aromatic carbocycles. The Bertz CT molecular complexity index is 1470. The fraction of sp³-hybridized carbons (Fsp3) is 0.0690. The Morgan fingerprint density at radius 3 is 2.62 bits per heavy atom. The molecule has 5 rings (SSSR count). The third kappa shape index (κ3) is 6.23. The summed E-state index contributed by atoms with van der Waals surface area (Å²) in [5.74, 6) is 0.607. The van der Waals surface area contributed by atoms with Crippen molar-refractivity contribution in [1.29, 1.82) is 0 Å². The molecule has 0 atom stereocenters. The molecule has 1 aliphatic rings. The van der Waals surface area contributed by atoms with Gasteiger partial charge in [-0.2, -0.15) is 5.10 Å². The van der Waals surface area contributed by atoms with Gasteiger partial charge in [-0.15, -0.1) is 5.10 Å². The summed E-state index contributed by atoms with van der Waals surface area (Å²) in [6, 6.07) is 27.2. The first kappa shape index (κ1) is 24.3. The van der Waals surface area contributed by atoms with Gasteiger partial charge in [0.1, 0.15) is 23.9 Å². The van der Waals surface area contributed by atoms with E-state index in [0.717, 1.165) is 22.9 Å². The summed E-state index contributed by atoms with van der Waals surface area (Å²) in [6.45, 7) is 0.645. The van der Waals surface area contributed by atoms with Crippen molar-refractivity contribution in [2.75, 3.05) is 0 Å². The van der Waals surface area contributed by atoms with Gasteiger partial charge in [0.05, 0.1) is 23.9 Å². The van der Waals surface area contributed by atoms with Crippen molar-refractivity contribution in [3.63, 3.8) is 0 Å². The van der Waals surface area contributed by atoms with Crippen LogP contribution in [0.1, 0.15) is 22.5 Å². The number of nitrogens with zero attached hydrogens (tertiary/aromatic N) is 3. The van der Waals surface area contributed by atoms with Crippen LogP contribution < -0.4 is 4.74 Å². The van der Waals surface area contributed by atoms with Gasteiger partial charge in [-0.1, -0.05) is 60.7 Å². The van der Waals surface area contributed by atoms with Crippen molar-refractivity contribution < 1.29 is 18.3 Å². The Morgan fingerprint density at radius 1 is 0.973 bits per heavy atom. The summed E-state index contributed by atoms with van der Waals surface area (Å²) in [4.78, 5) is 15.0. The lowest BCUT2D eigenvalue weighted by molar-refractivity contribution is -0.122. The SMILES string of the molecule is O=C1/C(=C/c2ccccc2F)S/C(=N\N=C\c2cccc(OCc3ccccc3)c2)N1Cc1ccco1. The minimum absolute atomic E-state index is 0.185. The quantitative estimate of drug-likeness (QED) is 0.154. The van der Waals surface area contributed by atoms with Gasteiger partial charge in [0, 0.05) is 5.56 Å². The van der Waals surface area contributed by atoms with Crippen LogP contribution in [0.5, 0.6) is 5.75 Å². The zero-order valence-electron chi connectivity index (χ0n) is 19.7. The minimum atomic E-state index is -0.404. The fourth-order valence-electron chi connectivity index (χ4n) is 3.58. The number of carbonyl (C=O) groups excluding carboxylic acids is 1. The summed E-state index contributed by atoms with van der Waals surface area (Å²) in [5.41, 5.74) is 2.20. The number of amidine groups is 1. The molecule has 0 radical (unpaired) electrons. The van der Waals surface area contributed by atoms with Crippen LogP contribution >= 0.6 is 11.8 Å². The van der Waals surface area contributed by atoms with Gasteiger partial charge in [-0.05, 0) is 59.3 Å². The second-order valence-corrected chi connectivity index (χ2v) is 9.09. The van der Waals surface area contributed by atoms with E-state index in [0.29, 0.717) is 33.8 Å². The summed E-state index contributed by atoms with van der Waals surface area (Å²) in [6.07, 6.45) is 4.66. The van der Waals surface area contributed by atoms with E-state index in [9.17, 15) is 9.18 Å². The predicted octanol–water partition coefficient (Wildman–Crippen LogP) is 6.50. The molecule has 37 heavy (non-hydrogen) atoms. The molecule has 0 aliphatic carbocycles. The molecule has 184 valence electrons. The zero-order valence-corrected chi connectivity index (χ0v) is 20.5. The van der Waals surface area contributed by atoms with Gasteiger partial charge in [0.25, 0.3) is 5.91 Å². The van der Waals surface area contributed by atoms with Crippen molar-refractivity contribution in [1.82, 2.24) is 4.90 Å². The molecular weight excluding hydrogens is 489 g/mol. The Balaban J connectivity index is 1.34. The lowest BCUT2D eigenvalue weighted by Crippen LogP contribution is -2.28. The summed E-state index contributed by atoms with van der Waals surface area (Å²) in [7, 11) is 0. The number of amides is 1. The maximum atomic E-state index is 14.2. The van der Waals surface area contributed by atoms with E-state index >= 15 is 0 Å². The number of rotatable bonds is 8. The largest absolute Gasteiger partial charge is 0.489 e. The van der Waals surface area contributed by atoms with E-state index in [-0.39, 0.29) is 12.5 Å². The maximum absolute atomic E-state index is 14.2. The first-order chi connectivity index (χ1) is 18.2. The lowest BCUT2D eigenvalue weighted by Gasteiger charge is -2.12. The Labute approximate surface area is 217 Å². The third-order valence-corrected chi connectivity index (χ3v) is 6.43. The minimum Gasteiger partial charge on any atom is -0.489 e. The smallest absolute Gasteiger partial charge is 0.267 e. The zero-order chi connectivity index (χ0) is 25.5. The predicted molar refractivity (Wildman–Crippen MR) is 143 cm³/mol. The molecule has 0 unspecified atom stereocenters. The third-order valence-electron chi connectivity index (χ3n) is 5.43. The van der Waals surface area contributed by atoms with E-state index in [1.165, 1.54) is 17.0 Å². The average molecular weight is 512 g/mol. The highest BCUT2D eigenvalue weighted by molar-refractivity contribution is 8.18. The molecule has 1 aromatic heterocycles. The van der Waals surface area contributed by atoms with Crippen LogP contribution in [0.25, 0.3) is 6.08 Å². The molecule has 4 aromatic rings. The Hall–Kier alpha value is -4.43. The van der Waals surface area contributed by atoms with Gasteiger partial charge in [0.2, 0.25) is 0 Å². The molecule has 1 saturated heterocycles. The first-order valence-corrected chi connectivity index (χ1v) is 12.3. The van der Waals surface area contributed by atoms with Gasteiger partial charge in [0.15, 0.2) is 5.17 Å². The molecule has 0 saturated carbocycles. The van der Waals surface area contributed by atoms with Crippen LogP contribution in [-0.2, 0) is 17.9 Å². The molecule has 1 fully saturated rings. The van der Waals surface area contributed by atoms with Crippen LogP contribution in [0.2, 0.25) is 0 Å². The topological polar surface area (TPSA) is 67.4 Å². The van der Waals surface area contributed by atoms with Gasteiger partial charge in [-0.25, -0.2) is 4.39 Å². The van der Waals surface area contributed by atoms with E-state index in [1.54, 1.807) is 42.8 Å². The normalized spacial score (nSPS) is 15.8. The van der Waals surface area contributed by atoms with Gasteiger partial charge >= 0.3 is 0 Å². The fourth-order valence-corrected chi connectivity index (χ4v) is 4.51. The van der Waals surface area contributed by atoms with Crippen LogP contribution in [0.15, 0.2) is 117 Å². The molecule has 0 bridgehead atoms. The summed E-state index contributed by atoms with van der Waals surface area (Å²) in [5, 5.41) is 8.89. The van der Waals surface area contributed by atoms with Crippen molar-refractivity contribution in [2.24, 2.45) is 10.2 Å². The van der Waals surface area contributed by atoms with Crippen LogP contribution in [-0.4, -0.2) is 22.2 Å². The number of ether oxygens (including phenoxy) is 1. The summed E-state index contributed by atoms with van der Waals surface area (Å²) >= 11 is 1.14. The van der Waals surface area contributed by atoms with Crippen LogP contribution in [0.3, 0.4) is 0 Å². The number of hydrogen-bond donors (Lipinski definition) is 0. The number of benzene rings is 3. The average Bonchev–Trinajstić information content (AvgIpc) is 3.54. The lowest BCUT2D eigenvalue weighted by atomic mass is 10.2. The van der Waals surface area contributed by atoms with Gasteiger partial charge < -0.3 is 9.15 Å². The molecule has 6 nitrogen and oxygen atoms in total. The molecule has 0 N–H and O–H groups in total.